The predicted molar refractivity (Wildman–Crippen MR) is 180 cm³/mol. The topological polar surface area (TPSA) is 149 Å². The molecule has 1 heterocycles. The number of carbonyl (C=O) groups is 5. The summed E-state index contributed by atoms with van der Waals surface area (Å²) in [6.07, 6.45) is 0.0118. The molecule has 12 heteroatoms. The first-order valence-electron chi connectivity index (χ1n) is 15.9. The number of carbonyl (C=O) groups excluding carboxylic acids is 5. The Kier molecular flexibility index (Phi) is 13.6. The van der Waals surface area contributed by atoms with Gasteiger partial charge in [-0.2, -0.15) is 5.26 Å². The van der Waals surface area contributed by atoms with Crippen molar-refractivity contribution in [3.05, 3.63) is 84.5 Å². The number of β-lactam (4-membered cyclic amide) rings is 1. The third-order valence-corrected chi connectivity index (χ3v) is 13.3. The van der Waals surface area contributed by atoms with Crippen LogP contribution < -0.4 is 0 Å². The van der Waals surface area contributed by atoms with Gasteiger partial charge in [-0.15, -0.1) is 0 Å². The minimum absolute atomic E-state index is 0.126. The monoisotopic (exact) mass is 674 g/mol. The van der Waals surface area contributed by atoms with Gasteiger partial charge in [-0.1, -0.05) is 70.3 Å². The van der Waals surface area contributed by atoms with Crippen molar-refractivity contribution in [1.82, 2.24) is 4.90 Å². The van der Waals surface area contributed by atoms with Gasteiger partial charge in [0.15, 0.2) is 14.1 Å². The van der Waals surface area contributed by atoms with E-state index < -0.39 is 62.5 Å². The van der Waals surface area contributed by atoms with Crippen LogP contribution in [0.3, 0.4) is 0 Å². The molecule has 0 aliphatic carbocycles. The van der Waals surface area contributed by atoms with Crippen LogP contribution >= 0.6 is 0 Å². The maximum absolute atomic E-state index is 13.7. The van der Waals surface area contributed by atoms with Crippen molar-refractivity contribution < 1.29 is 42.6 Å². The van der Waals surface area contributed by atoms with Gasteiger partial charge in [0.2, 0.25) is 5.91 Å². The first kappa shape index (κ1) is 37.6. The number of imide groups is 1. The molecule has 11 nitrogen and oxygen atoms in total. The zero-order valence-electron chi connectivity index (χ0n) is 27.9. The van der Waals surface area contributed by atoms with Crippen molar-refractivity contribution in [3.8, 4) is 17.2 Å². The Bertz CT molecular complexity index is 1570. The second-order valence-corrected chi connectivity index (χ2v) is 16.2. The van der Waals surface area contributed by atoms with Crippen LogP contribution in [0.25, 0.3) is 11.1 Å². The van der Waals surface area contributed by atoms with Crippen molar-refractivity contribution in [2.45, 2.75) is 71.0 Å². The molecule has 0 radical (unpaired) electrons. The van der Waals surface area contributed by atoms with Gasteiger partial charge in [0.1, 0.15) is 19.3 Å². The van der Waals surface area contributed by atoms with Gasteiger partial charge >= 0.3 is 18.0 Å². The van der Waals surface area contributed by atoms with Crippen LogP contribution in [-0.4, -0.2) is 68.3 Å². The summed E-state index contributed by atoms with van der Waals surface area (Å²) in [6.45, 7) is 15.0. The van der Waals surface area contributed by atoms with Crippen LogP contribution in [-0.2, 0) is 39.6 Å². The molecule has 3 rings (SSSR count). The van der Waals surface area contributed by atoms with Crippen LogP contribution in [0.15, 0.2) is 67.8 Å². The Morgan fingerprint density at radius 2 is 1.58 bits per heavy atom. The van der Waals surface area contributed by atoms with Crippen LogP contribution in [0.2, 0.25) is 18.1 Å². The number of nitrogens with zero attached hydrogens (tertiary/aromatic N) is 2. The van der Waals surface area contributed by atoms with E-state index in [0.717, 1.165) is 29.3 Å². The van der Waals surface area contributed by atoms with Crippen molar-refractivity contribution in [2.75, 3.05) is 13.2 Å². The Labute approximate surface area is 282 Å². The fraction of sp³-hybridized carbons (Fsp3) is 0.389. The fourth-order valence-electron chi connectivity index (χ4n) is 5.64. The highest BCUT2D eigenvalue weighted by molar-refractivity contribution is 6.73. The molecule has 0 spiro atoms. The maximum atomic E-state index is 13.7. The summed E-state index contributed by atoms with van der Waals surface area (Å²) in [5.41, 5.74) is 2.80. The summed E-state index contributed by atoms with van der Waals surface area (Å²) in [7, 11) is -1.76. The van der Waals surface area contributed by atoms with E-state index in [0.29, 0.717) is 17.1 Å². The van der Waals surface area contributed by atoms with E-state index in [1.54, 1.807) is 12.1 Å². The van der Waals surface area contributed by atoms with Gasteiger partial charge in [-0.05, 0) is 59.9 Å². The van der Waals surface area contributed by atoms with Gasteiger partial charge in [-0.3, -0.25) is 19.3 Å². The second-order valence-electron chi connectivity index (χ2n) is 11.4. The summed E-state index contributed by atoms with van der Waals surface area (Å²) in [5, 5.41) is 9.76. The van der Waals surface area contributed by atoms with Crippen molar-refractivity contribution >= 4 is 38.0 Å². The highest BCUT2D eigenvalue weighted by atomic mass is 28.4. The molecule has 48 heavy (non-hydrogen) atoms. The van der Waals surface area contributed by atoms with Gasteiger partial charge in [0.05, 0.1) is 30.2 Å². The van der Waals surface area contributed by atoms with E-state index in [4.69, 9.17) is 18.6 Å². The fourth-order valence-corrected chi connectivity index (χ4v) is 8.23. The number of ether oxygens (including phenoxy) is 3. The van der Waals surface area contributed by atoms with E-state index in [-0.39, 0.29) is 24.3 Å². The smallest absolute Gasteiger partial charge is 0.454 e. The summed E-state index contributed by atoms with van der Waals surface area (Å²) >= 11 is 0. The third-order valence-electron chi connectivity index (χ3n) is 8.65. The van der Waals surface area contributed by atoms with Crippen molar-refractivity contribution in [1.29, 1.82) is 5.26 Å². The highest BCUT2D eigenvalue weighted by Crippen LogP contribution is 2.35. The van der Waals surface area contributed by atoms with Crippen LogP contribution in [0.1, 0.15) is 55.6 Å². The number of esters is 1. The number of nitriles is 1. The number of amides is 2. The van der Waals surface area contributed by atoms with Crippen molar-refractivity contribution in [3.63, 3.8) is 0 Å². The molecule has 0 bridgehead atoms. The lowest BCUT2D eigenvalue weighted by molar-refractivity contribution is -0.180. The summed E-state index contributed by atoms with van der Waals surface area (Å²) in [6, 6.07) is 16.5. The standard InChI is InChI=1S/C36H42N2O9Si/c1-7-16-44-35(42)34(41)38-30(32(33(38)40)24(6)47-36(43)45-17-8-2)21-31(39)29-19-26(22-37)18-28(20-29)27-14-12-25(13-15-27)23-46-48(9-3,10-4)11-5/h7-8,12-15,18-20,24,30,32H,1-2,9-11,16-17,21,23H2,3-6H3/t24-,30-,32-/m1/s1. The molecule has 0 saturated carbocycles. The molecule has 0 unspecified atom stereocenters. The van der Waals surface area contributed by atoms with Gasteiger partial charge in [0, 0.05) is 12.0 Å². The molecule has 1 fully saturated rings. The number of likely N-dealkylation sites (tertiary alicyclic amines) is 1. The number of ketones is 1. The second kappa shape index (κ2) is 17.3. The van der Waals surface area contributed by atoms with Gasteiger partial charge in [-0.25, -0.2) is 9.59 Å². The Morgan fingerprint density at radius 1 is 0.958 bits per heavy atom. The number of Topliss-reactive ketones (excluding diaryl/α,β-unsaturated/α-hetero) is 1. The first-order chi connectivity index (χ1) is 23.0. The van der Waals surface area contributed by atoms with Crippen LogP contribution in [0.4, 0.5) is 4.79 Å². The van der Waals surface area contributed by atoms with E-state index in [2.05, 4.69) is 40.0 Å². The van der Waals surface area contributed by atoms with Gasteiger partial charge in [0.25, 0.3) is 0 Å². The van der Waals surface area contributed by atoms with E-state index in [9.17, 15) is 29.2 Å². The predicted octanol–water partition coefficient (Wildman–Crippen LogP) is 6.13. The van der Waals surface area contributed by atoms with E-state index >= 15 is 0 Å². The summed E-state index contributed by atoms with van der Waals surface area (Å²) in [5.74, 6) is -5.01. The van der Waals surface area contributed by atoms with E-state index in [1.165, 1.54) is 25.1 Å². The maximum Gasteiger partial charge on any atom is 0.508 e. The molecule has 2 aromatic carbocycles. The number of hydrogen-bond donors (Lipinski definition) is 0. The third kappa shape index (κ3) is 8.93. The average Bonchev–Trinajstić information content (AvgIpc) is 3.10. The minimum Gasteiger partial charge on any atom is -0.454 e. The van der Waals surface area contributed by atoms with E-state index in [1.807, 2.05) is 24.3 Å². The molecular formula is C36H42N2O9Si. The number of hydrogen-bond acceptors (Lipinski definition) is 10. The molecule has 0 aromatic heterocycles. The zero-order chi connectivity index (χ0) is 35.4. The minimum atomic E-state index is -1.76. The molecule has 2 aromatic rings. The number of benzene rings is 2. The molecular weight excluding hydrogens is 632 g/mol. The largest absolute Gasteiger partial charge is 0.508 e. The Hall–Kier alpha value is -4.86. The summed E-state index contributed by atoms with van der Waals surface area (Å²) < 4.78 is 21.3. The lowest BCUT2D eigenvalue weighted by Crippen LogP contribution is -2.68. The molecule has 254 valence electrons. The van der Waals surface area contributed by atoms with Crippen LogP contribution in [0.5, 0.6) is 0 Å². The lowest BCUT2D eigenvalue weighted by atomic mass is 9.79. The van der Waals surface area contributed by atoms with Crippen molar-refractivity contribution in [2.24, 2.45) is 5.92 Å². The SMILES string of the molecule is C=CCOC(=O)O[C@H](C)[C@H]1C(=O)N(C(=O)C(=O)OCC=C)[C@@H]1CC(=O)c1cc(C#N)cc(-c2ccc(CO[Si](CC)(CC)CC)cc2)c1. The molecule has 1 aliphatic rings. The molecule has 0 N–H and O–H groups in total. The molecule has 1 aliphatic heterocycles. The normalized spacial score (nSPS) is 16.1. The zero-order valence-corrected chi connectivity index (χ0v) is 28.9. The molecule has 3 atom stereocenters. The quantitative estimate of drug-likeness (QED) is 0.0508. The van der Waals surface area contributed by atoms with Gasteiger partial charge < -0.3 is 18.6 Å². The Morgan fingerprint density at radius 3 is 2.17 bits per heavy atom. The lowest BCUT2D eigenvalue weighted by Gasteiger charge is -2.46. The summed E-state index contributed by atoms with van der Waals surface area (Å²) in [4.78, 5) is 64.8. The van der Waals surface area contributed by atoms with Crippen LogP contribution in [0, 0.1) is 17.2 Å². The number of rotatable bonds is 16. The molecule has 1 saturated heterocycles. The Balaban J connectivity index is 1.87. The molecule has 2 amide bonds. The highest BCUT2D eigenvalue weighted by Gasteiger charge is 2.56. The average molecular weight is 675 g/mol. The first-order valence-corrected chi connectivity index (χ1v) is 18.4.